The molecule has 106 valence electrons. The second-order valence-electron chi connectivity index (χ2n) is 4.04. The minimum Gasteiger partial charge on any atom is -0.477 e. The van der Waals surface area contributed by atoms with E-state index in [2.05, 4.69) is 4.98 Å². The third-order valence-electron chi connectivity index (χ3n) is 2.82. The summed E-state index contributed by atoms with van der Waals surface area (Å²) >= 11 is 1.23. The zero-order valence-electron chi connectivity index (χ0n) is 11.0. The van der Waals surface area contributed by atoms with Crippen molar-refractivity contribution in [2.24, 2.45) is 0 Å². The van der Waals surface area contributed by atoms with Gasteiger partial charge in [-0.25, -0.2) is 14.2 Å². The molecule has 0 saturated carbocycles. The molecule has 0 aliphatic carbocycles. The van der Waals surface area contributed by atoms with Crippen LogP contribution in [0.4, 0.5) is 4.39 Å². The van der Waals surface area contributed by atoms with Gasteiger partial charge < -0.3 is 9.67 Å². The van der Waals surface area contributed by atoms with Gasteiger partial charge in [-0.05, 0) is 18.7 Å². The molecule has 0 spiro atoms. The van der Waals surface area contributed by atoms with Crippen molar-refractivity contribution in [1.82, 2.24) is 9.55 Å². The van der Waals surface area contributed by atoms with Crippen LogP contribution in [0.3, 0.4) is 0 Å². The Morgan fingerprint density at radius 1 is 1.50 bits per heavy atom. The summed E-state index contributed by atoms with van der Waals surface area (Å²) < 4.78 is 15.4. The fourth-order valence-electron chi connectivity index (χ4n) is 1.90. The summed E-state index contributed by atoms with van der Waals surface area (Å²) in [7, 11) is 0. The van der Waals surface area contributed by atoms with Crippen LogP contribution in [0.1, 0.15) is 24.2 Å². The maximum Gasteiger partial charge on any atom is 0.341 e. The van der Waals surface area contributed by atoms with Gasteiger partial charge in [0.05, 0.1) is 5.39 Å². The third kappa shape index (κ3) is 2.40. The largest absolute Gasteiger partial charge is 0.477 e. The average molecular weight is 296 g/mol. The minimum absolute atomic E-state index is 0.00953. The van der Waals surface area contributed by atoms with E-state index in [9.17, 15) is 14.0 Å². The molecule has 0 fully saturated rings. The van der Waals surface area contributed by atoms with E-state index in [4.69, 9.17) is 5.11 Å². The second-order valence-corrected chi connectivity index (χ2v) is 5.30. The molecule has 5 nitrogen and oxygen atoms in total. The van der Waals surface area contributed by atoms with Crippen LogP contribution in [-0.4, -0.2) is 26.4 Å². The molecule has 1 N–H and O–H groups in total. The van der Waals surface area contributed by atoms with Crippen molar-refractivity contribution in [3.05, 3.63) is 33.9 Å². The lowest BCUT2D eigenvalue weighted by molar-refractivity contribution is 0.0695. The summed E-state index contributed by atoms with van der Waals surface area (Å²) in [6, 6.07) is 1.07. The number of carboxylic acids is 1. The number of hydrogen-bond acceptors (Lipinski definition) is 4. The Balaban J connectivity index is 2.86. The lowest BCUT2D eigenvalue weighted by atomic mass is 10.2. The normalized spacial score (nSPS) is 10.9. The molecule has 0 aliphatic rings. The molecular formula is C13H13FN2O3S. The lowest BCUT2D eigenvalue weighted by Crippen LogP contribution is -2.19. The van der Waals surface area contributed by atoms with Gasteiger partial charge in [-0.1, -0.05) is 6.92 Å². The van der Waals surface area contributed by atoms with Gasteiger partial charge in [-0.2, -0.15) is 0 Å². The zero-order valence-corrected chi connectivity index (χ0v) is 11.8. The first-order valence-electron chi connectivity index (χ1n) is 6.09. The molecule has 0 aliphatic heterocycles. The van der Waals surface area contributed by atoms with Gasteiger partial charge in [0.25, 0.3) is 0 Å². The number of aromatic nitrogens is 2. The number of carboxylic acid groups (broad SMARTS) is 1. The molecule has 0 bridgehead atoms. The van der Waals surface area contributed by atoms with Gasteiger partial charge in [-0.15, -0.1) is 11.8 Å². The predicted molar refractivity (Wildman–Crippen MR) is 75.0 cm³/mol. The number of pyridine rings is 2. The highest BCUT2D eigenvalue weighted by Crippen LogP contribution is 2.22. The molecule has 0 atom stereocenters. The number of thioether (sulfide) groups is 1. The smallest absolute Gasteiger partial charge is 0.341 e. The summed E-state index contributed by atoms with van der Waals surface area (Å²) in [5.74, 6) is -1.28. The second kappa shape index (κ2) is 5.62. The number of nitrogens with zero attached hydrogens (tertiary/aromatic N) is 2. The number of halogens is 1. The van der Waals surface area contributed by atoms with E-state index >= 15 is 0 Å². The van der Waals surface area contributed by atoms with Crippen LogP contribution in [0.25, 0.3) is 11.0 Å². The van der Waals surface area contributed by atoms with Crippen LogP contribution >= 0.6 is 11.8 Å². The van der Waals surface area contributed by atoms with Crippen LogP contribution in [0.5, 0.6) is 0 Å². The molecule has 20 heavy (non-hydrogen) atoms. The third-order valence-corrected chi connectivity index (χ3v) is 3.67. The number of carbonyl (C=O) groups is 1. The average Bonchev–Trinajstić information content (AvgIpc) is 2.41. The van der Waals surface area contributed by atoms with Crippen LogP contribution in [0, 0.1) is 5.82 Å². The highest BCUT2D eigenvalue weighted by Gasteiger charge is 2.17. The Hall–Kier alpha value is -1.89. The van der Waals surface area contributed by atoms with Crippen LogP contribution in [-0.2, 0) is 6.54 Å². The lowest BCUT2D eigenvalue weighted by Gasteiger charge is -2.10. The summed E-state index contributed by atoms with van der Waals surface area (Å²) in [6.07, 6.45) is 1.25. The molecule has 0 unspecified atom stereocenters. The Morgan fingerprint density at radius 3 is 2.75 bits per heavy atom. The first kappa shape index (κ1) is 14.5. The van der Waals surface area contributed by atoms with Crippen molar-refractivity contribution < 1.29 is 14.3 Å². The van der Waals surface area contributed by atoms with Gasteiger partial charge in [0.15, 0.2) is 5.82 Å². The summed E-state index contributed by atoms with van der Waals surface area (Å²) in [5, 5.41) is 9.22. The molecule has 0 radical (unpaired) electrons. The van der Waals surface area contributed by atoms with E-state index in [1.54, 1.807) is 11.5 Å². The van der Waals surface area contributed by atoms with Gasteiger partial charge in [0.1, 0.15) is 16.2 Å². The predicted octanol–water partition coefficient (Wildman–Crippen LogP) is 2.37. The van der Waals surface area contributed by atoms with E-state index < -0.39 is 17.2 Å². The maximum atomic E-state index is 13.9. The molecule has 2 aromatic heterocycles. The Labute approximate surface area is 118 Å². The number of rotatable bonds is 4. The van der Waals surface area contributed by atoms with Gasteiger partial charge in [0, 0.05) is 12.7 Å². The Bertz CT molecular complexity index is 742. The Morgan fingerprint density at radius 2 is 2.20 bits per heavy atom. The topological polar surface area (TPSA) is 72.2 Å². The van der Waals surface area contributed by atoms with E-state index in [1.165, 1.54) is 18.0 Å². The number of aromatic carboxylic acids is 1. The Kier molecular flexibility index (Phi) is 4.08. The van der Waals surface area contributed by atoms with Crippen molar-refractivity contribution in [3.63, 3.8) is 0 Å². The van der Waals surface area contributed by atoms with Crippen molar-refractivity contribution in [3.8, 4) is 0 Å². The maximum absolute atomic E-state index is 13.9. The van der Waals surface area contributed by atoms with Crippen molar-refractivity contribution >= 4 is 28.8 Å². The first-order chi connectivity index (χ1) is 9.49. The fraction of sp³-hybridized carbons (Fsp3) is 0.308. The van der Waals surface area contributed by atoms with Gasteiger partial charge in [0.2, 0.25) is 5.43 Å². The van der Waals surface area contributed by atoms with E-state index in [0.29, 0.717) is 17.9 Å². The summed E-state index contributed by atoms with van der Waals surface area (Å²) in [6.45, 7) is 4.11. The summed E-state index contributed by atoms with van der Waals surface area (Å²) in [5.41, 5.74) is -0.784. The van der Waals surface area contributed by atoms with E-state index in [-0.39, 0.29) is 16.0 Å². The van der Waals surface area contributed by atoms with Crippen LogP contribution < -0.4 is 5.43 Å². The zero-order chi connectivity index (χ0) is 14.9. The number of hydrogen-bond donors (Lipinski definition) is 1. The van der Waals surface area contributed by atoms with Crippen LogP contribution in [0.15, 0.2) is 22.1 Å². The van der Waals surface area contributed by atoms with E-state index in [0.717, 1.165) is 6.07 Å². The molecule has 2 aromatic rings. The number of fused-ring (bicyclic) bond motifs is 1. The molecular weight excluding hydrogens is 283 g/mol. The minimum atomic E-state index is -1.33. The fourth-order valence-corrected chi connectivity index (χ4v) is 2.52. The molecule has 0 saturated heterocycles. The molecule has 2 heterocycles. The standard InChI is InChI=1S/C13H13FN2O3S/c1-3-16-6-8(13(18)19)10(17)7-5-9(14)12(20-4-2)15-11(7)16/h5-6H,3-4H2,1-2H3,(H,18,19). The van der Waals surface area contributed by atoms with Crippen molar-refractivity contribution in [2.75, 3.05) is 5.75 Å². The van der Waals surface area contributed by atoms with Crippen LogP contribution in [0.2, 0.25) is 0 Å². The summed E-state index contributed by atoms with van der Waals surface area (Å²) in [4.78, 5) is 27.3. The van der Waals surface area contributed by atoms with Gasteiger partial charge >= 0.3 is 5.97 Å². The van der Waals surface area contributed by atoms with E-state index in [1.807, 2.05) is 6.92 Å². The number of aryl methyl sites for hydroxylation is 1. The first-order valence-corrected chi connectivity index (χ1v) is 7.07. The molecule has 0 amide bonds. The van der Waals surface area contributed by atoms with Crippen molar-refractivity contribution in [1.29, 1.82) is 0 Å². The monoisotopic (exact) mass is 296 g/mol. The quantitative estimate of drug-likeness (QED) is 0.877. The molecule has 7 heteroatoms. The highest BCUT2D eigenvalue weighted by molar-refractivity contribution is 7.99. The molecule has 2 rings (SSSR count). The SMILES string of the molecule is CCSc1nc2c(cc1F)c(=O)c(C(=O)O)cn2CC. The molecule has 0 aromatic carbocycles. The van der Waals surface area contributed by atoms with Crippen molar-refractivity contribution in [2.45, 2.75) is 25.4 Å². The highest BCUT2D eigenvalue weighted by atomic mass is 32.2. The van der Waals surface area contributed by atoms with Gasteiger partial charge in [-0.3, -0.25) is 4.79 Å².